The van der Waals surface area contributed by atoms with Crippen molar-refractivity contribution in [3.05, 3.63) is 30.3 Å². The number of carbonyl (C=O) groups is 1. The molecule has 0 saturated heterocycles. The summed E-state index contributed by atoms with van der Waals surface area (Å²) >= 11 is 0. The van der Waals surface area contributed by atoms with Crippen LogP contribution in [0.15, 0.2) is 30.3 Å². The highest BCUT2D eigenvalue weighted by atomic mass is 32.2. The monoisotopic (exact) mass is 312 g/mol. The average Bonchev–Trinajstić information content (AvgIpc) is 2.43. The number of rotatable bonds is 7. The van der Waals surface area contributed by atoms with Gasteiger partial charge in [0.15, 0.2) is 0 Å². The Morgan fingerprint density at radius 2 is 1.76 bits per heavy atom. The molecule has 0 fully saturated rings. The van der Waals surface area contributed by atoms with Crippen LogP contribution in [0.2, 0.25) is 0 Å². The van der Waals surface area contributed by atoms with Crippen LogP contribution in [-0.2, 0) is 14.8 Å². The highest BCUT2D eigenvalue weighted by Gasteiger charge is 2.31. The minimum atomic E-state index is -3.54. The fourth-order valence-electron chi connectivity index (χ4n) is 2.08. The molecule has 0 unspecified atom stereocenters. The lowest BCUT2D eigenvalue weighted by Crippen LogP contribution is -2.51. The predicted octanol–water partition coefficient (Wildman–Crippen LogP) is 2.15. The Balaban J connectivity index is 3.15. The van der Waals surface area contributed by atoms with Gasteiger partial charge in [0.05, 0.1) is 11.9 Å². The van der Waals surface area contributed by atoms with E-state index in [4.69, 9.17) is 0 Å². The topological polar surface area (TPSA) is 66.5 Å². The van der Waals surface area contributed by atoms with Gasteiger partial charge in [-0.3, -0.25) is 9.10 Å². The lowest BCUT2D eigenvalue weighted by Gasteiger charge is -2.30. The molecule has 0 aromatic heterocycles. The second kappa shape index (κ2) is 7.45. The molecule has 0 saturated carbocycles. The van der Waals surface area contributed by atoms with Crippen LogP contribution >= 0.6 is 0 Å². The van der Waals surface area contributed by atoms with Crippen LogP contribution in [-0.4, -0.2) is 32.7 Å². The molecular formula is C15H24N2O3S. The SMILES string of the molecule is CC[C@H](C(=O)N[C@@H](C)CC)N(c1ccccc1)S(C)(=O)=O. The zero-order valence-electron chi connectivity index (χ0n) is 13.0. The van der Waals surface area contributed by atoms with Crippen molar-refractivity contribution in [2.45, 2.75) is 45.7 Å². The smallest absolute Gasteiger partial charge is 0.244 e. The zero-order valence-corrected chi connectivity index (χ0v) is 13.9. The van der Waals surface area contributed by atoms with Crippen molar-refractivity contribution in [2.24, 2.45) is 0 Å². The molecule has 5 nitrogen and oxygen atoms in total. The number of hydrogen-bond donors (Lipinski definition) is 1. The maximum absolute atomic E-state index is 12.4. The summed E-state index contributed by atoms with van der Waals surface area (Å²) in [6.07, 6.45) is 2.33. The minimum absolute atomic E-state index is 0.0173. The van der Waals surface area contributed by atoms with Crippen LogP contribution in [0.1, 0.15) is 33.6 Å². The molecule has 0 heterocycles. The molecule has 1 aromatic rings. The van der Waals surface area contributed by atoms with Gasteiger partial charge in [-0.2, -0.15) is 0 Å². The van der Waals surface area contributed by atoms with E-state index in [0.29, 0.717) is 12.1 Å². The van der Waals surface area contributed by atoms with E-state index in [9.17, 15) is 13.2 Å². The van der Waals surface area contributed by atoms with Crippen LogP contribution in [0.25, 0.3) is 0 Å². The van der Waals surface area contributed by atoms with Crippen LogP contribution < -0.4 is 9.62 Å². The lowest BCUT2D eigenvalue weighted by atomic mass is 10.1. The number of carbonyl (C=O) groups excluding carboxylic acids is 1. The summed E-state index contributed by atoms with van der Waals surface area (Å²) in [4.78, 5) is 12.4. The van der Waals surface area contributed by atoms with Crippen molar-refractivity contribution in [3.8, 4) is 0 Å². The van der Waals surface area contributed by atoms with Crippen molar-refractivity contribution >= 4 is 21.6 Å². The maximum Gasteiger partial charge on any atom is 0.244 e. The van der Waals surface area contributed by atoms with E-state index in [1.807, 2.05) is 26.8 Å². The number of benzene rings is 1. The first-order chi connectivity index (χ1) is 9.81. The van der Waals surface area contributed by atoms with Crippen LogP contribution in [0.4, 0.5) is 5.69 Å². The van der Waals surface area contributed by atoms with Gasteiger partial charge in [-0.1, -0.05) is 32.0 Å². The lowest BCUT2D eigenvalue weighted by molar-refractivity contribution is -0.122. The van der Waals surface area contributed by atoms with Crippen molar-refractivity contribution in [1.82, 2.24) is 5.32 Å². The number of nitrogens with zero attached hydrogens (tertiary/aromatic N) is 1. The van der Waals surface area contributed by atoms with Gasteiger partial charge < -0.3 is 5.32 Å². The molecular weight excluding hydrogens is 288 g/mol. The molecule has 2 atom stereocenters. The molecule has 1 N–H and O–H groups in total. The summed E-state index contributed by atoms with van der Waals surface area (Å²) in [7, 11) is -3.54. The number of anilines is 1. The minimum Gasteiger partial charge on any atom is -0.352 e. The van der Waals surface area contributed by atoms with Crippen LogP contribution in [0.5, 0.6) is 0 Å². The number of sulfonamides is 1. The van der Waals surface area contributed by atoms with Gasteiger partial charge in [0, 0.05) is 6.04 Å². The summed E-state index contributed by atoms with van der Waals surface area (Å²) in [6.45, 7) is 5.68. The third-order valence-corrected chi connectivity index (χ3v) is 4.52. The quantitative estimate of drug-likeness (QED) is 0.839. The molecule has 0 aliphatic rings. The first kappa shape index (κ1) is 17.5. The van der Waals surface area contributed by atoms with Gasteiger partial charge in [-0.25, -0.2) is 8.42 Å². The number of para-hydroxylation sites is 1. The van der Waals surface area contributed by atoms with Crippen LogP contribution in [0, 0.1) is 0 Å². The molecule has 0 spiro atoms. The van der Waals surface area contributed by atoms with Gasteiger partial charge in [0.25, 0.3) is 0 Å². The van der Waals surface area contributed by atoms with E-state index < -0.39 is 16.1 Å². The molecule has 0 radical (unpaired) electrons. The maximum atomic E-state index is 12.4. The molecule has 0 aliphatic carbocycles. The molecule has 118 valence electrons. The standard InChI is InChI=1S/C15H24N2O3S/c1-5-12(3)16-15(18)14(6-2)17(21(4,19)20)13-10-8-7-9-11-13/h7-12,14H,5-6H2,1-4H3,(H,16,18)/t12-,14+/m0/s1. The molecule has 21 heavy (non-hydrogen) atoms. The highest BCUT2D eigenvalue weighted by molar-refractivity contribution is 7.92. The second-order valence-electron chi connectivity index (χ2n) is 5.14. The average molecular weight is 312 g/mol. The normalized spacial score (nSPS) is 14.3. The van der Waals surface area contributed by atoms with Gasteiger partial charge in [-0.15, -0.1) is 0 Å². The Bertz CT molecular complexity index is 558. The fourth-order valence-corrected chi connectivity index (χ4v) is 3.29. The van der Waals surface area contributed by atoms with Gasteiger partial charge >= 0.3 is 0 Å². The molecule has 0 aliphatic heterocycles. The van der Waals surface area contributed by atoms with Crippen molar-refractivity contribution in [2.75, 3.05) is 10.6 Å². The number of amides is 1. The summed E-state index contributed by atoms with van der Waals surface area (Å²) in [5, 5.41) is 2.86. The third-order valence-electron chi connectivity index (χ3n) is 3.34. The summed E-state index contributed by atoms with van der Waals surface area (Å²) < 4.78 is 25.5. The van der Waals surface area contributed by atoms with Crippen LogP contribution in [0.3, 0.4) is 0 Å². The summed E-state index contributed by atoms with van der Waals surface area (Å²) in [5.41, 5.74) is 0.506. The Hall–Kier alpha value is -1.56. The van der Waals surface area contributed by atoms with E-state index in [1.54, 1.807) is 24.3 Å². The Labute approximate surface area is 127 Å². The van der Waals surface area contributed by atoms with E-state index in [0.717, 1.165) is 12.7 Å². The van der Waals surface area contributed by atoms with Crippen molar-refractivity contribution < 1.29 is 13.2 Å². The zero-order chi connectivity index (χ0) is 16.0. The second-order valence-corrected chi connectivity index (χ2v) is 7.00. The molecule has 1 rings (SSSR count). The Kier molecular flexibility index (Phi) is 6.20. The van der Waals surface area contributed by atoms with E-state index >= 15 is 0 Å². The molecule has 0 bridgehead atoms. The Morgan fingerprint density at radius 1 is 1.19 bits per heavy atom. The first-order valence-electron chi connectivity index (χ1n) is 7.16. The number of nitrogens with one attached hydrogen (secondary N) is 1. The highest BCUT2D eigenvalue weighted by Crippen LogP contribution is 2.22. The molecule has 6 heteroatoms. The number of hydrogen-bond acceptors (Lipinski definition) is 3. The Morgan fingerprint density at radius 3 is 2.19 bits per heavy atom. The van der Waals surface area contributed by atoms with Crippen molar-refractivity contribution in [3.63, 3.8) is 0 Å². The van der Waals surface area contributed by atoms with E-state index in [-0.39, 0.29) is 11.9 Å². The predicted molar refractivity (Wildman–Crippen MR) is 85.7 cm³/mol. The van der Waals surface area contributed by atoms with Gasteiger partial charge in [0.2, 0.25) is 15.9 Å². The summed E-state index contributed by atoms with van der Waals surface area (Å²) in [6, 6.07) is 7.99. The van der Waals surface area contributed by atoms with Crippen molar-refractivity contribution in [1.29, 1.82) is 0 Å². The molecule has 1 amide bonds. The largest absolute Gasteiger partial charge is 0.352 e. The van der Waals surface area contributed by atoms with Gasteiger partial charge in [-0.05, 0) is 31.9 Å². The van der Waals surface area contributed by atoms with Gasteiger partial charge in [0.1, 0.15) is 6.04 Å². The summed E-state index contributed by atoms with van der Waals surface area (Å²) in [5.74, 6) is -0.263. The fraction of sp³-hybridized carbons (Fsp3) is 0.533. The molecule has 1 aromatic carbocycles. The van der Waals surface area contributed by atoms with E-state index in [2.05, 4.69) is 5.32 Å². The van der Waals surface area contributed by atoms with E-state index in [1.165, 1.54) is 4.31 Å². The third kappa shape index (κ3) is 4.74. The first-order valence-corrected chi connectivity index (χ1v) is 9.00.